The lowest BCUT2D eigenvalue weighted by Gasteiger charge is -2.14. The summed E-state index contributed by atoms with van der Waals surface area (Å²) in [5.41, 5.74) is 2.61. The number of carbonyl (C=O) groups is 3. The second-order valence-electron chi connectivity index (χ2n) is 9.82. The molecule has 1 unspecified atom stereocenters. The molecule has 0 N–H and O–H groups in total. The lowest BCUT2D eigenvalue weighted by Crippen LogP contribution is -2.26. The van der Waals surface area contributed by atoms with Gasteiger partial charge in [-0.05, 0) is 84.8 Å². The molecule has 0 amide bonds. The van der Waals surface area contributed by atoms with Crippen molar-refractivity contribution in [3.05, 3.63) is 83.9 Å². The normalized spacial score (nSPS) is 11.2. The molecule has 0 saturated carbocycles. The molecular weight excluding hydrogens is 516 g/mol. The predicted molar refractivity (Wildman–Crippen MR) is 160 cm³/mol. The second-order valence-corrected chi connectivity index (χ2v) is 9.82. The monoisotopic (exact) mass is 554 g/mol. The molecule has 0 aliphatic carbocycles. The van der Waals surface area contributed by atoms with Crippen LogP contribution in [0.2, 0.25) is 0 Å². The maximum Gasteiger partial charge on any atom is 0.343 e. The molecule has 3 aromatic carbocycles. The largest absolute Gasteiger partial charge is 0.494 e. The van der Waals surface area contributed by atoms with Crippen molar-refractivity contribution in [2.45, 2.75) is 71.3 Å². The number of hydrogen-bond donors (Lipinski definition) is 0. The van der Waals surface area contributed by atoms with Crippen LogP contribution >= 0.6 is 0 Å². The van der Waals surface area contributed by atoms with E-state index in [2.05, 4.69) is 6.92 Å². The molecule has 0 bridgehead atoms. The highest BCUT2D eigenvalue weighted by atomic mass is 16.5. The van der Waals surface area contributed by atoms with Gasteiger partial charge in [-0.2, -0.15) is 0 Å². The molecule has 0 aliphatic heterocycles. The first-order valence-corrected chi connectivity index (χ1v) is 14.3. The molecule has 3 aromatic rings. The minimum atomic E-state index is -0.968. The summed E-state index contributed by atoms with van der Waals surface area (Å²) in [6.45, 7) is 4.90. The van der Waals surface area contributed by atoms with Gasteiger partial charge >= 0.3 is 11.9 Å². The van der Waals surface area contributed by atoms with Crippen LogP contribution in [0.5, 0.6) is 11.5 Å². The SMILES string of the molecule is C#CC(=O)C(CCCC)OC(=O)c1ccc(OC(=O)c2ccc(-c3ccc(OCCCCCCC)cc3)cc2)cc1. The van der Waals surface area contributed by atoms with E-state index in [1.165, 1.54) is 49.9 Å². The molecule has 3 rings (SSSR count). The van der Waals surface area contributed by atoms with Crippen LogP contribution < -0.4 is 9.47 Å². The van der Waals surface area contributed by atoms with E-state index in [0.29, 0.717) is 18.4 Å². The Hall–Kier alpha value is -4.37. The molecule has 0 fully saturated rings. The van der Waals surface area contributed by atoms with Crippen LogP contribution in [0, 0.1) is 12.3 Å². The number of esters is 2. The average molecular weight is 555 g/mol. The molecule has 0 aromatic heterocycles. The van der Waals surface area contributed by atoms with Crippen LogP contribution in [-0.4, -0.2) is 30.4 Å². The van der Waals surface area contributed by atoms with Gasteiger partial charge in [-0.1, -0.05) is 70.2 Å². The fourth-order valence-electron chi connectivity index (χ4n) is 4.19. The van der Waals surface area contributed by atoms with Gasteiger partial charge in [-0.15, -0.1) is 6.42 Å². The van der Waals surface area contributed by atoms with Crippen molar-refractivity contribution in [3.8, 4) is 35.0 Å². The number of carbonyl (C=O) groups excluding carboxylic acids is 3. The minimum absolute atomic E-state index is 0.226. The number of benzene rings is 3. The van der Waals surface area contributed by atoms with Gasteiger partial charge in [0.1, 0.15) is 11.5 Å². The minimum Gasteiger partial charge on any atom is -0.494 e. The first-order chi connectivity index (χ1) is 19.9. The Balaban J connectivity index is 1.52. The number of terminal acetylenes is 1. The van der Waals surface area contributed by atoms with E-state index in [4.69, 9.17) is 20.6 Å². The summed E-state index contributed by atoms with van der Waals surface area (Å²) in [5, 5.41) is 0. The van der Waals surface area contributed by atoms with Gasteiger partial charge in [0, 0.05) is 0 Å². The van der Waals surface area contributed by atoms with E-state index in [9.17, 15) is 14.4 Å². The van der Waals surface area contributed by atoms with Gasteiger partial charge < -0.3 is 14.2 Å². The number of rotatable bonds is 16. The number of unbranched alkanes of at least 4 members (excludes halogenated alkanes) is 5. The Bertz CT molecular complexity index is 1300. The lowest BCUT2D eigenvalue weighted by molar-refractivity contribution is -0.122. The average Bonchev–Trinajstić information content (AvgIpc) is 3.01. The fourth-order valence-corrected chi connectivity index (χ4v) is 4.19. The highest BCUT2D eigenvalue weighted by Gasteiger charge is 2.22. The van der Waals surface area contributed by atoms with Crippen LogP contribution in [0.3, 0.4) is 0 Å². The highest BCUT2D eigenvalue weighted by Crippen LogP contribution is 2.24. The van der Waals surface area contributed by atoms with Crippen LogP contribution in [0.15, 0.2) is 72.8 Å². The summed E-state index contributed by atoms with van der Waals surface area (Å²) in [7, 11) is 0. The zero-order valence-corrected chi connectivity index (χ0v) is 23.9. The zero-order valence-electron chi connectivity index (χ0n) is 23.9. The first-order valence-electron chi connectivity index (χ1n) is 14.3. The van der Waals surface area contributed by atoms with E-state index in [1.54, 1.807) is 12.1 Å². The Morgan fingerprint density at radius 2 is 1.22 bits per heavy atom. The van der Waals surface area contributed by atoms with E-state index < -0.39 is 23.8 Å². The molecule has 6 nitrogen and oxygen atoms in total. The van der Waals surface area contributed by atoms with Crippen molar-refractivity contribution in [2.24, 2.45) is 0 Å². The standard InChI is InChI=1S/C35H38O6/c1-4-7-9-10-11-25-39-30-21-17-27(18-22-30)26-13-15-28(16-14-26)34(37)40-31-23-19-29(20-24-31)35(38)41-33(12-8-5-2)32(36)6-3/h3,13-24,33H,4-5,7-12,25H2,1-2H3. The fraction of sp³-hybridized carbons (Fsp3) is 0.343. The summed E-state index contributed by atoms with van der Waals surface area (Å²) < 4.78 is 16.6. The van der Waals surface area contributed by atoms with Crippen molar-refractivity contribution in [3.63, 3.8) is 0 Å². The van der Waals surface area contributed by atoms with Crippen LogP contribution in [-0.2, 0) is 9.53 Å². The van der Waals surface area contributed by atoms with Gasteiger partial charge in [0.2, 0.25) is 5.78 Å². The predicted octanol–water partition coefficient (Wildman–Crippen LogP) is 7.84. The number of hydrogen-bond acceptors (Lipinski definition) is 6. The first kappa shape index (κ1) is 31.2. The van der Waals surface area contributed by atoms with Crippen molar-refractivity contribution < 1.29 is 28.6 Å². The Labute approximate surface area is 243 Å². The van der Waals surface area contributed by atoms with E-state index in [-0.39, 0.29) is 11.3 Å². The van der Waals surface area contributed by atoms with Gasteiger partial charge in [0.05, 0.1) is 17.7 Å². The third kappa shape index (κ3) is 9.95. The Morgan fingerprint density at radius 3 is 1.83 bits per heavy atom. The molecule has 214 valence electrons. The summed E-state index contributed by atoms with van der Waals surface area (Å²) >= 11 is 0. The number of ether oxygens (including phenoxy) is 3. The maximum atomic E-state index is 12.7. The second kappa shape index (κ2) is 16.7. The van der Waals surface area contributed by atoms with Crippen molar-refractivity contribution in [1.29, 1.82) is 0 Å². The smallest absolute Gasteiger partial charge is 0.343 e. The molecule has 6 heteroatoms. The Morgan fingerprint density at radius 1 is 0.683 bits per heavy atom. The molecule has 0 aliphatic rings. The van der Waals surface area contributed by atoms with E-state index >= 15 is 0 Å². The summed E-state index contributed by atoms with van der Waals surface area (Å²) in [5.74, 6) is 1.41. The Kier molecular flexibility index (Phi) is 12.7. The van der Waals surface area contributed by atoms with Gasteiger partial charge in [0.25, 0.3) is 0 Å². The molecular formula is C35H38O6. The van der Waals surface area contributed by atoms with Crippen molar-refractivity contribution >= 4 is 17.7 Å². The topological polar surface area (TPSA) is 78.9 Å². The molecule has 0 saturated heterocycles. The summed E-state index contributed by atoms with van der Waals surface area (Å²) in [6, 6.07) is 21.0. The molecule has 41 heavy (non-hydrogen) atoms. The third-order valence-electron chi connectivity index (χ3n) is 6.63. The van der Waals surface area contributed by atoms with Crippen LogP contribution in [0.1, 0.15) is 85.9 Å². The maximum absolute atomic E-state index is 12.7. The van der Waals surface area contributed by atoms with Gasteiger partial charge in [-0.25, -0.2) is 9.59 Å². The number of ketones is 1. The third-order valence-corrected chi connectivity index (χ3v) is 6.63. The molecule has 0 radical (unpaired) electrons. The quantitative estimate of drug-likeness (QED) is 0.0590. The van der Waals surface area contributed by atoms with Gasteiger partial charge in [0.15, 0.2) is 6.10 Å². The van der Waals surface area contributed by atoms with E-state index in [0.717, 1.165) is 36.3 Å². The molecule has 0 heterocycles. The molecule has 0 spiro atoms. The lowest BCUT2D eigenvalue weighted by atomic mass is 10.0. The van der Waals surface area contributed by atoms with Crippen LogP contribution in [0.4, 0.5) is 0 Å². The summed E-state index contributed by atoms with van der Waals surface area (Å²) in [6.07, 6.45) is 12.2. The van der Waals surface area contributed by atoms with Gasteiger partial charge in [-0.3, -0.25) is 4.79 Å². The zero-order chi connectivity index (χ0) is 29.5. The van der Waals surface area contributed by atoms with Crippen LogP contribution in [0.25, 0.3) is 11.1 Å². The number of Topliss-reactive ketones (excluding diaryl/α,β-unsaturated/α-hetero) is 1. The molecule has 1 atom stereocenters. The highest BCUT2D eigenvalue weighted by molar-refractivity contribution is 6.01. The summed E-state index contributed by atoms with van der Waals surface area (Å²) in [4.78, 5) is 37.1. The van der Waals surface area contributed by atoms with E-state index in [1.807, 2.05) is 49.2 Å². The van der Waals surface area contributed by atoms with Crippen molar-refractivity contribution in [1.82, 2.24) is 0 Å². The van der Waals surface area contributed by atoms with Crippen molar-refractivity contribution in [2.75, 3.05) is 6.61 Å².